The molecular formula is C21H22FN7O. The van der Waals surface area contributed by atoms with E-state index in [0.29, 0.717) is 22.5 Å². The van der Waals surface area contributed by atoms with Gasteiger partial charge in [0.05, 0.1) is 28.7 Å². The van der Waals surface area contributed by atoms with Gasteiger partial charge in [-0.15, -0.1) is 0 Å². The Bertz CT molecular complexity index is 1260. The Balaban J connectivity index is 1.52. The Morgan fingerprint density at radius 3 is 2.83 bits per heavy atom. The van der Waals surface area contributed by atoms with Crippen LogP contribution in [0.5, 0.6) is 0 Å². The van der Waals surface area contributed by atoms with Crippen LogP contribution in [0.3, 0.4) is 0 Å². The van der Waals surface area contributed by atoms with E-state index in [1.165, 1.54) is 11.0 Å². The average Bonchev–Trinajstić information content (AvgIpc) is 3.39. The van der Waals surface area contributed by atoms with Crippen molar-refractivity contribution in [2.45, 2.75) is 6.92 Å². The van der Waals surface area contributed by atoms with Gasteiger partial charge in [0.1, 0.15) is 0 Å². The van der Waals surface area contributed by atoms with E-state index in [9.17, 15) is 9.18 Å². The highest BCUT2D eigenvalue weighted by atomic mass is 19.1. The van der Waals surface area contributed by atoms with Gasteiger partial charge in [0, 0.05) is 62.8 Å². The van der Waals surface area contributed by atoms with E-state index in [0.717, 1.165) is 37.3 Å². The molecule has 1 saturated heterocycles. The molecule has 1 amide bonds. The van der Waals surface area contributed by atoms with Crippen LogP contribution in [0, 0.1) is 12.7 Å². The fraction of sp³-hybridized carbons (Fsp3) is 0.286. The van der Waals surface area contributed by atoms with Gasteiger partial charge in [0.15, 0.2) is 11.5 Å². The van der Waals surface area contributed by atoms with E-state index >= 15 is 0 Å². The van der Waals surface area contributed by atoms with Crippen molar-refractivity contribution in [3.05, 3.63) is 53.9 Å². The van der Waals surface area contributed by atoms with Crippen LogP contribution in [0.25, 0.3) is 16.6 Å². The highest BCUT2D eigenvalue weighted by molar-refractivity contribution is 6.14. The Morgan fingerprint density at radius 2 is 2.03 bits per heavy atom. The molecule has 1 aromatic carbocycles. The number of aryl methyl sites for hydroxylation is 1. The third-order valence-electron chi connectivity index (χ3n) is 5.58. The summed E-state index contributed by atoms with van der Waals surface area (Å²) in [5.41, 5.74) is 3.63. The molecule has 154 valence electrons. The molecule has 2 N–H and O–H groups in total. The maximum absolute atomic E-state index is 14.5. The molecule has 9 heteroatoms. The van der Waals surface area contributed by atoms with Crippen LogP contribution in [0.1, 0.15) is 16.1 Å². The second-order valence-corrected chi connectivity index (χ2v) is 7.55. The number of hydrogen-bond acceptors (Lipinski definition) is 5. The lowest BCUT2D eigenvalue weighted by molar-refractivity contribution is 0.0994. The van der Waals surface area contributed by atoms with Crippen molar-refractivity contribution in [2.75, 3.05) is 43.0 Å². The van der Waals surface area contributed by atoms with E-state index in [4.69, 9.17) is 0 Å². The topological polar surface area (TPSA) is 81.6 Å². The number of rotatable bonds is 3. The Morgan fingerprint density at radius 1 is 1.23 bits per heavy atom. The number of piperazine rings is 1. The summed E-state index contributed by atoms with van der Waals surface area (Å²) in [6.07, 6.45) is 5.19. The minimum absolute atomic E-state index is 0.244. The molecule has 0 saturated carbocycles. The van der Waals surface area contributed by atoms with Crippen LogP contribution in [0.4, 0.5) is 15.8 Å². The zero-order chi connectivity index (χ0) is 20.8. The van der Waals surface area contributed by atoms with Gasteiger partial charge in [-0.3, -0.25) is 9.89 Å². The van der Waals surface area contributed by atoms with E-state index in [1.807, 2.05) is 12.1 Å². The number of aromatic nitrogens is 4. The normalized spacial score (nSPS) is 14.6. The minimum Gasteiger partial charge on any atom is -0.368 e. The summed E-state index contributed by atoms with van der Waals surface area (Å²) in [6.45, 7) is 5.44. The highest BCUT2D eigenvalue weighted by Crippen LogP contribution is 2.30. The van der Waals surface area contributed by atoms with Crippen molar-refractivity contribution in [3.63, 3.8) is 0 Å². The standard InChI is InChI=1S/C21H22FN7O/c1-13-11-29-12-14(9-17(22)20(29)25-13)27(2)21(30)15-3-4-18(16-10-24-26-19(15)16)28-7-5-23-6-8-28/h3-4,9-12,23H,5-8H2,1-2H3,(H,24,26). The maximum Gasteiger partial charge on any atom is 0.260 e. The number of hydrogen-bond donors (Lipinski definition) is 2. The van der Waals surface area contributed by atoms with Crippen molar-refractivity contribution in [3.8, 4) is 0 Å². The van der Waals surface area contributed by atoms with Crippen molar-refractivity contribution in [1.82, 2.24) is 24.9 Å². The molecule has 0 bridgehead atoms. The van der Waals surface area contributed by atoms with Gasteiger partial charge in [-0.05, 0) is 19.1 Å². The number of carbonyl (C=O) groups is 1. The molecule has 4 heterocycles. The minimum atomic E-state index is -0.471. The van der Waals surface area contributed by atoms with E-state index in [1.54, 1.807) is 37.0 Å². The molecule has 8 nitrogen and oxygen atoms in total. The Labute approximate surface area is 172 Å². The number of benzene rings is 1. The molecule has 0 spiro atoms. The summed E-state index contributed by atoms with van der Waals surface area (Å²) in [6, 6.07) is 5.11. The molecule has 0 aliphatic carbocycles. The van der Waals surface area contributed by atoms with Crippen LogP contribution in [0.15, 0.2) is 36.8 Å². The first kappa shape index (κ1) is 18.6. The predicted molar refractivity (Wildman–Crippen MR) is 114 cm³/mol. The summed E-state index contributed by atoms with van der Waals surface area (Å²) >= 11 is 0. The molecule has 5 rings (SSSR count). The average molecular weight is 407 g/mol. The number of fused-ring (bicyclic) bond motifs is 2. The summed E-state index contributed by atoms with van der Waals surface area (Å²) in [5.74, 6) is -0.715. The number of H-pyrrole nitrogens is 1. The lowest BCUT2D eigenvalue weighted by Crippen LogP contribution is -2.43. The Kier molecular flexibility index (Phi) is 4.39. The van der Waals surface area contributed by atoms with Crippen molar-refractivity contribution < 1.29 is 9.18 Å². The van der Waals surface area contributed by atoms with Gasteiger partial charge >= 0.3 is 0 Å². The number of nitrogens with zero attached hydrogens (tertiary/aromatic N) is 5. The van der Waals surface area contributed by atoms with Crippen molar-refractivity contribution in [2.24, 2.45) is 0 Å². The summed E-state index contributed by atoms with van der Waals surface area (Å²) in [4.78, 5) is 21.2. The number of amides is 1. The molecule has 3 aromatic heterocycles. The fourth-order valence-electron chi connectivity index (χ4n) is 4.03. The quantitative estimate of drug-likeness (QED) is 0.545. The molecular weight excluding hydrogens is 385 g/mol. The number of halogens is 1. The van der Waals surface area contributed by atoms with Gasteiger partial charge < -0.3 is 19.5 Å². The summed E-state index contributed by atoms with van der Waals surface area (Å²) in [7, 11) is 1.64. The van der Waals surface area contributed by atoms with Gasteiger partial charge in [0.2, 0.25) is 0 Å². The van der Waals surface area contributed by atoms with E-state index in [2.05, 4.69) is 25.4 Å². The lowest BCUT2D eigenvalue weighted by Gasteiger charge is -2.30. The van der Waals surface area contributed by atoms with Crippen LogP contribution in [-0.2, 0) is 0 Å². The van der Waals surface area contributed by atoms with Crippen LogP contribution in [-0.4, -0.2) is 58.7 Å². The van der Waals surface area contributed by atoms with Crippen LogP contribution in [0.2, 0.25) is 0 Å². The molecule has 4 aromatic rings. The Hall–Kier alpha value is -3.46. The molecule has 1 fully saturated rings. The fourth-order valence-corrected chi connectivity index (χ4v) is 4.03. The first-order chi connectivity index (χ1) is 14.5. The first-order valence-corrected chi connectivity index (χ1v) is 9.87. The second-order valence-electron chi connectivity index (χ2n) is 7.55. The van der Waals surface area contributed by atoms with Crippen molar-refractivity contribution >= 4 is 33.8 Å². The smallest absolute Gasteiger partial charge is 0.260 e. The van der Waals surface area contributed by atoms with Crippen molar-refractivity contribution in [1.29, 1.82) is 0 Å². The number of nitrogens with one attached hydrogen (secondary N) is 2. The van der Waals surface area contributed by atoms with Crippen LogP contribution >= 0.6 is 0 Å². The maximum atomic E-state index is 14.5. The van der Waals surface area contributed by atoms with Gasteiger partial charge in [-0.1, -0.05) is 0 Å². The monoisotopic (exact) mass is 407 g/mol. The third-order valence-corrected chi connectivity index (χ3v) is 5.58. The number of aromatic amines is 1. The molecule has 0 atom stereocenters. The number of pyridine rings is 1. The number of carbonyl (C=O) groups excluding carboxylic acids is 1. The summed E-state index contributed by atoms with van der Waals surface area (Å²) < 4.78 is 16.1. The third kappa shape index (κ3) is 2.98. The zero-order valence-corrected chi connectivity index (χ0v) is 16.8. The number of imidazole rings is 1. The largest absolute Gasteiger partial charge is 0.368 e. The molecule has 30 heavy (non-hydrogen) atoms. The lowest BCUT2D eigenvalue weighted by atomic mass is 10.1. The van der Waals surface area contributed by atoms with E-state index < -0.39 is 5.82 Å². The molecule has 1 aliphatic rings. The van der Waals surface area contributed by atoms with Gasteiger partial charge in [-0.25, -0.2) is 9.37 Å². The zero-order valence-electron chi connectivity index (χ0n) is 16.8. The second kappa shape index (κ2) is 7.10. The van der Waals surface area contributed by atoms with E-state index in [-0.39, 0.29) is 11.6 Å². The predicted octanol–water partition coefficient (Wildman–Crippen LogP) is 2.34. The van der Waals surface area contributed by atoms with Crippen LogP contribution < -0.4 is 15.1 Å². The first-order valence-electron chi connectivity index (χ1n) is 9.87. The van der Waals surface area contributed by atoms with Gasteiger partial charge in [0.25, 0.3) is 5.91 Å². The molecule has 1 aliphatic heterocycles. The number of anilines is 2. The molecule has 0 unspecified atom stereocenters. The highest BCUT2D eigenvalue weighted by Gasteiger charge is 2.22. The molecule has 0 radical (unpaired) electrons. The SMILES string of the molecule is Cc1cn2cc(N(C)C(=O)c3ccc(N4CCNCC4)c4cn[nH]c34)cc(F)c2n1. The summed E-state index contributed by atoms with van der Waals surface area (Å²) in [5, 5.41) is 11.4. The van der Waals surface area contributed by atoms with Gasteiger partial charge in [-0.2, -0.15) is 5.10 Å².